The topological polar surface area (TPSA) is 66.9 Å². The molecule has 1 aliphatic heterocycles. The number of rotatable bonds is 5. The first kappa shape index (κ1) is 20.9. The van der Waals surface area contributed by atoms with Gasteiger partial charge in [-0.2, -0.15) is 0 Å². The molecule has 0 bridgehead atoms. The molecule has 2 aromatic rings. The minimum absolute atomic E-state index is 0.197. The largest absolute Gasteiger partial charge is 0.482 e. The molecule has 9 heteroatoms. The van der Waals surface area contributed by atoms with Crippen LogP contribution >= 0.6 is 23.2 Å². The number of hydrogen-bond donors (Lipinski definition) is 0. The molecule has 28 heavy (non-hydrogen) atoms. The molecule has 0 aliphatic carbocycles. The van der Waals surface area contributed by atoms with Crippen molar-refractivity contribution in [3.63, 3.8) is 0 Å². The predicted molar refractivity (Wildman–Crippen MR) is 110 cm³/mol. The highest BCUT2D eigenvalue weighted by molar-refractivity contribution is 7.89. The van der Waals surface area contributed by atoms with Crippen molar-refractivity contribution < 1.29 is 17.9 Å². The summed E-state index contributed by atoms with van der Waals surface area (Å²) in [5, 5.41) is 0.610. The predicted octanol–water partition coefficient (Wildman–Crippen LogP) is 3.60. The fourth-order valence-electron chi connectivity index (χ4n) is 3.02. The number of fused-ring (bicyclic) bond motifs is 1. The highest BCUT2D eigenvalue weighted by atomic mass is 35.5. The molecule has 150 valence electrons. The van der Waals surface area contributed by atoms with Crippen LogP contribution in [0.1, 0.15) is 12.0 Å². The summed E-state index contributed by atoms with van der Waals surface area (Å²) in [5.41, 5.74) is 1.53. The van der Waals surface area contributed by atoms with Crippen molar-refractivity contribution >= 4 is 44.8 Å². The fourth-order valence-corrected chi connectivity index (χ4v) is 4.32. The summed E-state index contributed by atoms with van der Waals surface area (Å²) in [6.45, 7) is 0.343. The second-order valence-electron chi connectivity index (χ2n) is 6.57. The number of hydrogen-bond acceptors (Lipinski definition) is 4. The molecular formula is C19H20Cl2N2O4S. The van der Waals surface area contributed by atoms with Crippen LogP contribution in [-0.4, -0.2) is 45.9 Å². The molecule has 1 heterocycles. The number of amides is 1. The molecule has 1 aliphatic rings. The van der Waals surface area contributed by atoms with Crippen LogP contribution in [0.25, 0.3) is 0 Å². The van der Waals surface area contributed by atoms with Crippen LogP contribution in [0.5, 0.6) is 5.75 Å². The van der Waals surface area contributed by atoms with Gasteiger partial charge in [0.1, 0.15) is 10.8 Å². The number of ether oxygens (including phenoxy) is 1. The van der Waals surface area contributed by atoms with Gasteiger partial charge in [-0.25, -0.2) is 12.7 Å². The maximum Gasteiger partial charge on any atom is 0.264 e. The van der Waals surface area contributed by atoms with Gasteiger partial charge in [0.05, 0.1) is 9.92 Å². The monoisotopic (exact) mass is 442 g/mol. The van der Waals surface area contributed by atoms with E-state index in [1.165, 1.54) is 24.5 Å². The first-order chi connectivity index (χ1) is 13.2. The van der Waals surface area contributed by atoms with Crippen molar-refractivity contribution in [1.29, 1.82) is 0 Å². The normalized spacial score (nSPS) is 14.1. The average Bonchev–Trinajstić information content (AvgIpc) is 2.67. The summed E-state index contributed by atoms with van der Waals surface area (Å²) in [6, 6.07) is 9.81. The van der Waals surface area contributed by atoms with Crippen molar-refractivity contribution in [1.82, 2.24) is 4.31 Å². The minimum atomic E-state index is -3.53. The molecule has 0 saturated heterocycles. The Hall–Kier alpha value is -1.80. The Kier molecular flexibility index (Phi) is 6.19. The Morgan fingerprint density at radius 2 is 1.96 bits per heavy atom. The van der Waals surface area contributed by atoms with Crippen molar-refractivity contribution in [3.05, 3.63) is 52.0 Å². The molecule has 0 N–H and O–H groups in total. The number of benzene rings is 2. The van der Waals surface area contributed by atoms with Crippen LogP contribution in [0.15, 0.2) is 41.3 Å². The quantitative estimate of drug-likeness (QED) is 0.709. The SMILES string of the molecule is CN(C)S(=O)(=O)c1ccc2c(c1)CCCN2C(=O)COc1cccc(Cl)c1Cl. The number of carbonyl (C=O) groups excluding carboxylic acids is 1. The standard InChI is InChI=1S/C19H20Cl2N2O4S/c1-22(2)28(25,26)14-8-9-16-13(11-14)5-4-10-23(16)18(24)12-27-17-7-3-6-15(20)19(17)21/h3,6-9,11H,4-5,10,12H2,1-2H3. The van der Waals surface area contributed by atoms with E-state index in [1.807, 2.05) is 0 Å². The zero-order valence-corrected chi connectivity index (χ0v) is 17.8. The first-order valence-corrected chi connectivity index (χ1v) is 10.8. The lowest BCUT2D eigenvalue weighted by atomic mass is 10.0. The van der Waals surface area contributed by atoms with Gasteiger partial charge in [-0.05, 0) is 48.7 Å². The van der Waals surface area contributed by atoms with E-state index in [0.29, 0.717) is 29.4 Å². The lowest BCUT2D eigenvalue weighted by Gasteiger charge is -2.30. The number of aryl methyl sites for hydroxylation is 1. The van der Waals surface area contributed by atoms with E-state index in [1.54, 1.807) is 35.2 Å². The van der Waals surface area contributed by atoms with Crippen LogP contribution in [0.2, 0.25) is 10.0 Å². The Labute approximate surface area is 174 Å². The second kappa shape index (κ2) is 8.29. The van der Waals surface area contributed by atoms with Gasteiger partial charge >= 0.3 is 0 Å². The van der Waals surface area contributed by atoms with Gasteiger partial charge in [0.25, 0.3) is 5.91 Å². The van der Waals surface area contributed by atoms with Crippen LogP contribution in [0, 0.1) is 0 Å². The van der Waals surface area contributed by atoms with Gasteiger partial charge in [-0.15, -0.1) is 0 Å². The van der Waals surface area contributed by atoms with E-state index in [2.05, 4.69) is 0 Å². The molecular weight excluding hydrogens is 423 g/mol. The number of carbonyl (C=O) groups is 1. The zero-order valence-electron chi connectivity index (χ0n) is 15.5. The van der Waals surface area contributed by atoms with E-state index < -0.39 is 10.0 Å². The van der Waals surface area contributed by atoms with Crippen LogP contribution in [-0.2, 0) is 21.2 Å². The minimum Gasteiger partial charge on any atom is -0.482 e. The maximum atomic E-state index is 12.7. The zero-order chi connectivity index (χ0) is 20.5. The van der Waals surface area contributed by atoms with Gasteiger partial charge in [-0.1, -0.05) is 29.3 Å². The molecule has 1 amide bonds. The van der Waals surface area contributed by atoms with Crippen LogP contribution < -0.4 is 9.64 Å². The molecule has 0 fully saturated rings. The molecule has 0 radical (unpaired) electrons. The Morgan fingerprint density at radius 3 is 2.68 bits per heavy atom. The Balaban J connectivity index is 1.80. The molecule has 0 saturated carbocycles. The molecule has 2 aromatic carbocycles. The Bertz CT molecular complexity index is 1010. The lowest BCUT2D eigenvalue weighted by Crippen LogP contribution is -2.38. The van der Waals surface area contributed by atoms with Gasteiger partial charge in [-0.3, -0.25) is 4.79 Å². The molecule has 6 nitrogen and oxygen atoms in total. The van der Waals surface area contributed by atoms with Crippen molar-refractivity contribution in [2.75, 3.05) is 32.1 Å². The fraction of sp³-hybridized carbons (Fsp3) is 0.316. The maximum absolute atomic E-state index is 12.7. The third-order valence-electron chi connectivity index (χ3n) is 4.52. The van der Waals surface area contributed by atoms with Crippen LogP contribution in [0.3, 0.4) is 0 Å². The molecule has 0 aromatic heterocycles. The Morgan fingerprint density at radius 1 is 1.21 bits per heavy atom. The summed E-state index contributed by atoms with van der Waals surface area (Å²) in [6.07, 6.45) is 1.44. The number of nitrogens with zero attached hydrogens (tertiary/aromatic N) is 2. The molecule has 0 atom stereocenters. The summed E-state index contributed by atoms with van der Waals surface area (Å²) in [5.74, 6) is 0.104. The summed E-state index contributed by atoms with van der Waals surface area (Å²) >= 11 is 12.0. The first-order valence-electron chi connectivity index (χ1n) is 8.64. The third kappa shape index (κ3) is 4.12. The second-order valence-corrected chi connectivity index (χ2v) is 9.50. The van der Waals surface area contributed by atoms with Crippen LogP contribution in [0.4, 0.5) is 5.69 Å². The highest BCUT2D eigenvalue weighted by Gasteiger charge is 2.26. The lowest BCUT2D eigenvalue weighted by molar-refractivity contribution is -0.120. The average molecular weight is 443 g/mol. The molecule has 0 unspecified atom stereocenters. The van der Waals surface area contributed by atoms with E-state index in [0.717, 1.165) is 12.0 Å². The van der Waals surface area contributed by atoms with Gasteiger partial charge in [0.2, 0.25) is 10.0 Å². The van der Waals surface area contributed by atoms with Crippen molar-refractivity contribution in [2.24, 2.45) is 0 Å². The third-order valence-corrected chi connectivity index (χ3v) is 7.13. The summed E-state index contributed by atoms with van der Waals surface area (Å²) in [7, 11) is -0.547. The van der Waals surface area contributed by atoms with Gasteiger partial charge in [0, 0.05) is 26.3 Å². The van der Waals surface area contributed by atoms with E-state index in [4.69, 9.17) is 27.9 Å². The number of sulfonamides is 1. The van der Waals surface area contributed by atoms with E-state index in [9.17, 15) is 13.2 Å². The van der Waals surface area contributed by atoms with Crippen molar-refractivity contribution in [2.45, 2.75) is 17.7 Å². The summed E-state index contributed by atoms with van der Waals surface area (Å²) < 4.78 is 31.4. The molecule has 3 rings (SSSR count). The highest BCUT2D eigenvalue weighted by Crippen LogP contribution is 2.33. The molecule has 0 spiro atoms. The smallest absolute Gasteiger partial charge is 0.264 e. The van der Waals surface area contributed by atoms with E-state index >= 15 is 0 Å². The van der Waals surface area contributed by atoms with Gasteiger partial charge in [0.15, 0.2) is 6.61 Å². The number of halogens is 2. The summed E-state index contributed by atoms with van der Waals surface area (Å²) in [4.78, 5) is 14.5. The van der Waals surface area contributed by atoms with Gasteiger partial charge < -0.3 is 9.64 Å². The van der Waals surface area contributed by atoms with E-state index in [-0.39, 0.29) is 22.4 Å². The number of anilines is 1. The van der Waals surface area contributed by atoms with Crippen molar-refractivity contribution in [3.8, 4) is 5.75 Å².